The molecule has 2 aliphatic rings. The lowest BCUT2D eigenvalue weighted by atomic mass is 10.0. The highest BCUT2D eigenvalue weighted by molar-refractivity contribution is 6.13. The van der Waals surface area contributed by atoms with Crippen molar-refractivity contribution in [3.05, 3.63) is 24.3 Å². The van der Waals surface area contributed by atoms with Crippen LogP contribution in [0.2, 0.25) is 0 Å². The van der Waals surface area contributed by atoms with Crippen molar-refractivity contribution in [2.45, 2.75) is 58.4 Å². The zero-order valence-corrected chi connectivity index (χ0v) is 15.3. The molecule has 5 heteroatoms. The zero-order chi connectivity index (χ0) is 17.9. The van der Waals surface area contributed by atoms with Crippen molar-refractivity contribution in [1.82, 2.24) is 5.32 Å². The standard InChI is InChI=1S/C20H29N3O2/c1-3-23(4-2)17-11-9-16(10-12-17)22-19(25)20(13-14-20)18(24)21-15-7-5-6-8-15/h9-12,15H,3-8,13-14H2,1-2H3,(H,21,24)(H,22,25). The van der Waals surface area contributed by atoms with Gasteiger partial charge in [0, 0.05) is 30.5 Å². The van der Waals surface area contributed by atoms with Crippen LogP contribution in [0.4, 0.5) is 11.4 Å². The molecule has 0 spiro atoms. The van der Waals surface area contributed by atoms with E-state index in [1.165, 1.54) is 12.8 Å². The normalized spacial score (nSPS) is 18.6. The molecule has 0 bridgehead atoms. The Morgan fingerprint density at radius 2 is 1.64 bits per heavy atom. The maximum absolute atomic E-state index is 12.7. The number of nitrogens with zero attached hydrogens (tertiary/aromatic N) is 1. The van der Waals surface area contributed by atoms with Crippen molar-refractivity contribution in [3.8, 4) is 0 Å². The number of carbonyl (C=O) groups is 2. The van der Waals surface area contributed by atoms with Crippen LogP contribution < -0.4 is 15.5 Å². The molecule has 0 atom stereocenters. The highest BCUT2D eigenvalue weighted by Crippen LogP contribution is 2.47. The summed E-state index contributed by atoms with van der Waals surface area (Å²) in [6.07, 6.45) is 5.71. The van der Waals surface area contributed by atoms with Gasteiger partial charge < -0.3 is 15.5 Å². The number of hydrogen-bond donors (Lipinski definition) is 2. The lowest BCUT2D eigenvalue weighted by Gasteiger charge is -2.22. The van der Waals surface area contributed by atoms with E-state index < -0.39 is 5.41 Å². The molecule has 0 saturated heterocycles. The minimum absolute atomic E-state index is 0.0864. The van der Waals surface area contributed by atoms with E-state index in [9.17, 15) is 9.59 Å². The molecule has 0 unspecified atom stereocenters. The van der Waals surface area contributed by atoms with Gasteiger partial charge >= 0.3 is 0 Å². The second kappa shape index (κ2) is 7.46. The molecule has 136 valence electrons. The van der Waals surface area contributed by atoms with Gasteiger partial charge in [-0.2, -0.15) is 0 Å². The topological polar surface area (TPSA) is 61.4 Å². The van der Waals surface area contributed by atoms with Crippen LogP contribution in [-0.4, -0.2) is 30.9 Å². The van der Waals surface area contributed by atoms with E-state index in [4.69, 9.17) is 0 Å². The van der Waals surface area contributed by atoms with Gasteiger partial charge in [0.15, 0.2) is 0 Å². The number of anilines is 2. The summed E-state index contributed by atoms with van der Waals surface area (Å²) in [5.41, 5.74) is 1.05. The second-order valence-corrected chi connectivity index (χ2v) is 7.21. The van der Waals surface area contributed by atoms with Crippen LogP contribution in [0.5, 0.6) is 0 Å². The van der Waals surface area contributed by atoms with Gasteiger partial charge in [-0.15, -0.1) is 0 Å². The molecule has 0 aromatic heterocycles. The number of hydrogen-bond acceptors (Lipinski definition) is 3. The molecule has 1 aromatic rings. The van der Waals surface area contributed by atoms with Crippen LogP contribution in [-0.2, 0) is 9.59 Å². The average molecular weight is 343 g/mol. The highest BCUT2D eigenvalue weighted by atomic mass is 16.2. The molecule has 1 aromatic carbocycles. The molecule has 25 heavy (non-hydrogen) atoms. The highest BCUT2D eigenvalue weighted by Gasteiger charge is 2.56. The third kappa shape index (κ3) is 3.80. The summed E-state index contributed by atoms with van der Waals surface area (Å²) in [5.74, 6) is -0.254. The van der Waals surface area contributed by atoms with Gasteiger partial charge in [-0.25, -0.2) is 0 Å². The molecule has 0 radical (unpaired) electrons. The van der Waals surface area contributed by atoms with E-state index in [0.29, 0.717) is 12.8 Å². The molecule has 3 rings (SSSR count). The molecule has 0 heterocycles. The van der Waals surface area contributed by atoms with Crippen molar-refractivity contribution >= 4 is 23.2 Å². The second-order valence-electron chi connectivity index (χ2n) is 7.21. The Morgan fingerprint density at radius 3 is 2.16 bits per heavy atom. The Morgan fingerprint density at radius 1 is 1.04 bits per heavy atom. The maximum atomic E-state index is 12.7. The molecule has 2 amide bonds. The van der Waals surface area contributed by atoms with Gasteiger partial charge in [0.2, 0.25) is 11.8 Å². The van der Waals surface area contributed by atoms with Gasteiger partial charge in [0.1, 0.15) is 5.41 Å². The van der Waals surface area contributed by atoms with Crippen LogP contribution in [0.15, 0.2) is 24.3 Å². The molecular formula is C20H29N3O2. The lowest BCUT2D eigenvalue weighted by Crippen LogP contribution is -2.43. The monoisotopic (exact) mass is 343 g/mol. The Labute approximate surface area is 150 Å². The van der Waals surface area contributed by atoms with Gasteiger partial charge in [-0.05, 0) is 63.8 Å². The number of rotatable bonds is 7. The predicted molar refractivity (Wildman–Crippen MR) is 101 cm³/mol. The first-order chi connectivity index (χ1) is 12.1. The van der Waals surface area contributed by atoms with Gasteiger partial charge in [-0.3, -0.25) is 9.59 Å². The van der Waals surface area contributed by atoms with Crippen LogP contribution >= 0.6 is 0 Å². The van der Waals surface area contributed by atoms with Crippen LogP contribution in [0.25, 0.3) is 0 Å². The summed E-state index contributed by atoms with van der Waals surface area (Å²) in [7, 11) is 0. The quantitative estimate of drug-likeness (QED) is 0.747. The number of nitrogens with one attached hydrogen (secondary N) is 2. The number of benzene rings is 1. The smallest absolute Gasteiger partial charge is 0.240 e. The Hall–Kier alpha value is -2.04. The Kier molecular flexibility index (Phi) is 5.30. The summed E-state index contributed by atoms with van der Waals surface area (Å²) in [4.78, 5) is 27.5. The third-order valence-corrected chi connectivity index (χ3v) is 5.56. The minimum Gasteiger partial charge on any atom is -0.372 e. The Bertz CT molecular complexity index is 612. The van der Waals surface area contributed by atoms with Crippen molar-refractivity contribution in [3.63, 3.8) is 0 Å². The molecule has 2 aliphatic carbocycles. The zero-order valence-electron chi connectivity index (χ0n) is 15.3. The Balaban J connectivity index is 1.60. The molecule has 2 saturated carbocycles. The van der Waals surface area contributed by atoms with Crippen molar-refractivity contribution in [1.29, 1.82) is 0 Å². The summed E-state index contributed by atoms with van der Waals surface area (Å²) in [6, 6.07) is 8.11. The summed E-state index contributed by atoms with van der Waals surface area (Å²) >= 11 is 0. The van der Waals surface area contributed by atoms with E-state index in [1.807, 2.05) is 24.3 Å². The van der Waals surface area contributed by atoms with Crippen LogP contribution in [0.1, 0.15) is 52.4 Å². The largest absolute Gasteiger partial charge is 0.372 e. The lowest BCUT2D eigenvalue weighted by molar-refractivity contribution is -0.134. The molecular weight excluding hydrogens is 314 g/mol. The minimum atomic E-state index is -0.847. The van der Waals surface area contributed by atoms with Crippen molar-refractivity contribution in [2.24, 2.45) is 5.41 Å². The SMILES string of the molecule is CCN(CC)c1ccc(NC(=O)C2(C(=O)NC3CCCC3)CC2)cc1. The van der Waals surface area contributed by atoms with Gasteiger partial charge in [-0.1, -0.05) is 12.8 Å². The summed E-state index contributed by atoms with van der Waals surface area (Å²) in [5, 5.41) is 6.02. The molecule has 5 nitrogen and oxygen atoms in total. The van der Waals surface area contributed by atoms with Gasteiger partial charge in [0.05, 0.1) is 0 Å². The first kappa shape index (κ1) is 17.8. The van der Waals surface area contributed by atoms with Gasteiger partial charge in [0.25, 0.3) is 0 Å². The first-order valence-corrected chi connectivity index (χ1v) is 9.56. The fraction of sp³-hybridized carbons (Fsp3) is 0.600. The fourth-order valence-corrected chi connectivity index (χ4v) is 3.67. The summed E-state index contributed by atoms with van der Waals surface area (Å²) in [6.45, 7) is 6.15. The summed E-state index contributed by atoms with van der Waals surface area (Å²) < 4.78 is 0. The number of carbonyl (C=O) groups excluding carboxylic acids is 2. The maximum Gasteiger partial charge on any atom is 0.240 e. The van der Waals surface area contributed by atoms with E-state index in [0.717, 1.165) is 37.3 Å². The van der Waals surface area contributed by atoms with E-state index in [2.05, 4.69) is 29.4 Å². The average Bonchev–Trinajstić information content (AvgIpc) is 3.29. The number of amides is 2. The predicted octanol–water partition coefficient (Wildman–Crippen LogP) is 3.31. The van der Waals surface area contributed by atoms with E-state index >= 15 is 0 Å². The van der Waals surface area contributed by atoms with Crippen molar-refractivity contribution in [2.75, 3.05) is 23.3 Å². The third-order valence-electron chi connectivity index (χ3n) is 5.56. The first-order valence-electron chi connectivity index (χ1n) is 9.56. The fourth-order valence-electron chi connectivity index (χ4n) is 3.67. The van der Waals surface area contributed by atoms with E-state index in [-0.39, 0.29) is 17.9 Å². The molecule has 2 fully saturated rings. The van der Waals surface area contributed by atoms with E-state index in [1.54, 1.807) is 0 Å². The molecule has 0 aliphatic heterocycles. The van der Waals surface area contributed by atoms with Crippen molar-refractivity contribution < 1.29 is 9.59 Å². The van der Waals surface area contributed by atoms with Crippen LogP contribution in [0, 0.1) is 5.41 Å². The molecule has 2 N–H and O–H groups in total. The van der Waals surface area contributed by atoms with Crippen LogP contribution in [0.3, 0.4) is 0 Å².